The SMILES string of the molecule is CC1C(=O)N(CC(F)(F)C(F)F)C(=O)N1c1ccc(F)cc1. The number of anilines is 1. The minimum Gasteiger partial charge on any atom is -0.282 e. The Labute approximate surface area is 122 Å². The van der Waals surface area contributed by atoms with E-state index >= 15 is 0 Å². The van der Waals surface area contributed by atoms with Gasteiger partial charge in [0.05, 0.1) is 0 Å². The van der Waals surface area contributed by atoms with E-state index in [2.05, 4.69) is 0 Å². The molecule has 0 radical (unpaired) electrons. The fourth-order valence-electron chi connectivity index (χ4n) is 2.09. The first-order valence-electron chi connectivity index (χ1n) is 6.21. The van der Waals surface area contributed by atoms with E-state index in [0.717, 1.165) is 17.0 Å². The van der Waals surface area contributed by atoms with E-state index in [1.807, 2.05) is 0 Å². The largest absolute Gasteiger partial charge is 0.332 e. The molecule has 1 aliphatic heterocycles. The Hall–Kier alpha value is -2.19. The standard InChI is InChI=1S/C13H11F5N2O2/c1-7-10(21)19(6-13(17,18)11(15)16)12(22)20(7)9-4-2-8(14)3-5-9/h2-5,7,11H,6H2,1H3. The molecule has 0 spiro atoms. The van der Waals surface area contributed by atoms with Crippen molar-refractivity contribution < 1.29 is 31.5 Å². The topological polar surface area (TPSA) is 40.6 Å². The van der Waals surface area contributed by atoms with Gasteiger partial charge in [0.2, 0.25) is 0 Å². The molecule has 0 bridgehead atoms. The Kier molecular flexibility index (Phi) is 4.08. The number of amides is 3. The Bertz CT molecular complexity index is 591. The molecule has 1 aliphatic rings. The van der Waals surface area contributed by atoms with E-state index in [-0.39, 0.29) is 10.6 Å². The van der Waals surface area contributed by atoms with Gasteiger partial charge in [-0.05, 0) is 31.2 Å². The summed E-state index contributed by atoms with van der Waals surface area (Å²) in [6.07, 6.45) is -4.00. The van der Waals surface area contributed by atoms with E-state index in [4.69, 9.17) is 0 Å². The highest BCUT2D eigenvalue weighted by molar-refractivity contribution is 6.14. The fraction of sp³-hybridized carbons (Fsp3) is 0.385. The molecule has 1 saturated heterocycles. The van der Waals surface area contributed by atoms with Crippen molar-refractivity contribution >= 4 is 17.6 Å². The zero-order chi connectivity index (χ0) is 16.7. The Balaban J connectivity index is 2.28. The van der Waals surface area contributed by atoms with Crippen LogP contribution in [0.15, 0.2) is 24.3 Å². The van der Waals surface area contributed by atoms with Crippen LogP contribution in [0.5, 0.6) is 0 Å². The number of carbonyl (C=O) groups is 2. The first-order chi connectivity index (χ1) is 10.1. The monoisotopic (exact) mass is 322 g/mol. The summed E-state index contributed by atoms with van der Waals surface area (Å²) >= 11 is 0. The molecule has 2 rings (SSSR count). The van der Waals surface area contributed by atoms with Gasteiger partial charge in [0.25, 0.3) is 5.91 Å². The number of carbonyl (C=O) groups excluding carboxylic acids is 2. The molecule has 120 valence electrons. The molecule has 0 saturated carbocycles. The van der Waals surface area contributed by atoms with Crippen molar-refractivity contribution in [3.63, 3.8) is 0 Å². The Morgan fingerprint density at radius 1 is 1.18 bits per heavy atom. The number of urea groups is 1. The number of alkyl halides is 4. The highest BCUT2D eigenvalue weighted by Gasteiger charge is 2.51. The van der Waals surface area contributed by atoms with Crippen LogP contribution in [0.2, 0.25) is 0 Å². The van der Waals surface area contributed by atoms with Crippen molar-refractivity contribution in [2.45, 2.75) is 25.3 Å². The van der Waals surface area contributed by atoms with Gasteiger partial charge >= 0.3 is 18.4 Å². The molecule has 9 heteroatoms. The van der Waals surface area contributed by atoms with Gasteiger partial charge in [-0.2, -0.15) is 8.78 Å². The lowest BCUT2D eigenvalue weighted by Crippen LogP contribution is -2.45. The molecule has 1 aromatic rings. The number of imide groups is 1. The van der Waals surface area contributed by atoms with Gasteiger partial charge in [0.1, 0.15) is 18.4 Å². The molecular formula is C13H11F5N2O2. The lowest BCUT2D eigenvalue weighted by molar-refractivity contribution is -0.149. The Morgan fingerprint density at radius 2 is 1.73 bits per heavy atom. The van der Waals surface area contributed by atoms with Gasteiger partial charge < -0.3 is 0 Å². The quantitative estimate of drug-likeness (QED) is 0.632. The first kappa shape index (κ1) is 16.2. The van der Waals surface area contributed by atoms with Crippen LogP contribution in [0.1, 0.15) is 6.92 Å². The molecule has 1 heterocycles. The van der Waals surface area contributed by atoms with E-state index < -0.39 is 42.7 Å². The Morgan fingerprint density at radius 3 is 2.23 bits per heavy atom. The first-order valence-corrected chi connectivity index (χ1v) is 6.21. The van der Waals surface area contributed by atoms with Gasteiger partial charge in [-0.3, -0.25) is 14.6 Å². The molecule has 3 amide bonds. The van der Waals surface area contributed by atoms with Gasteiger partial charge in [-0.25, -0.2) is 18.0 Å². The number of halogens is 5. The van der Waals surface area contributed by atoms with E-state index in [1.165, 1.54) is 19.1 Å². The highest BCUT2D eigenvalue weighted by Crippen LogP contribution is 2.30. The van der Waals surface area contributed by atoms with Gasteiger partial charge in [0, 0.05) is 5.69 Å². The summed E-state index contributed by atoms with van der Waals surface area (Å²) in [6.45, 7) is -0.436. The lowest BCUT2D eigenvalue weighted by atomic mass is 10.2. The number of hydrogen-bond acceptors (Lipinski definition) is 2. The third-order valence-corrected chi connectivity index (χ3v) is 3.24. The molecule has 1 aromatic carbocycles. The molecule has 1 fully saturated rings. The summed E-state index contributed by atoms with van der Waals surface area (Å²) in [5.74, 6) is -6.10. The summed E-state index contributed by atoms with van der Waals surface area (Å²) in [5.41, 5.74) is 0.107. The van der Waals surface area contributed by atoms with Gasteiger partial charge in [-0.1, -0.05) is 0 Å². The number of hydrogen-bond donors (Lipinski definition) is 0. The summed E-state index contributed by atoms with van der Waals surface area (Å²) in [5, 5.41) is 0. The average molecular weight is 322 g/mol. The van der Waals surface area contributed by atoms with Crippen LogP contribution in [0.4, 0.5) is 32.4 Å². The maximum Gasteiger partial charge on any atom is 0.332 e. The van der Waals surface area contributed by atoms with Crippen LogP contribution in [-0.2, 0) is 4.79 Å². The minimum absolute atomic E-state index is 0.0835. The minimum atomic E-state index is -4.50. The van der Waals surface area contributed by atoms with E-state index in [1.54, 1.807) is 0 Å². The summed E-state index contributed by atoms with van der Waals surface area (Å²) < 4.78 is 63.5. The van der Waals surface area contributed by atoms with Crippen LogP contribution in [0, 0.1) is 5.82 Å². The molecule has 1 unspecified atom stereocenters. The molecule has 0 N–H and O–H groups in total. The molecular weight excluding hydrogens is 311 g/mol. The predicted octanol–water partition coefficient (Wildman–Crippen LogP) is 2.88. The van der Waals surface area contributed by atoms with E-state index in [9.17, 15) is 31.5 Å². The third kappa shape index (κ3) is 2.75. The van der Waals surface area contributed by atoms with Crippen molar-refractivity contribution in [1.29, 1.82) is 0 Å². The van der Waals surface area contributed by atoms with Crippen molar-refractivity contribution in [2.24, 2.45) is 0 Å². The second-order valence-electron chi connectivity index (χ2n) is 4.79. The summed E-state index contributed by atoms with van der Waals surface area (Å²) in [7, 11) is 0. The number of nitrogens with zero attached hydrogens (tertiary/aromatic N) is 2. The van der Waals surface area contributed by atoms with Crippen molar-refractivity contribution in [2.75, 3.05) is 11.4 Å². The second-order valence-corrected chi connectivity index (χ2v) is 4.79. The maximum absolute atomic E-state index is 13.1. The molecule has 1 atom stereocenters. The molecule has 22 heavy (non-hydrogen) atoms. The number of rotatable bonds is 4. The second kappa shape index (κ2) is 5.54. The van der Waals surface area contributed by atoms with E-state index in [0.29, 0.717) is 0 Å². The summed E-state index contributed by atoms with van der Waals surface area (Å²) in [6, 6.07) is 2.13. The zero-order valence-corrected chi connectivity index (χ0v) is 11.3. The molecule has 0 aliphatic carbocycles. The van der Waals surface area contributed by atoms with Gasteiger partial charge in [-0.15, -0.1) is 0 Å². The maximum atomic E-state index is 13.1. The van der Waals surface area contributed by atoms with Gasteiger partial charge in [0.15, 0.2) is 0 Å². The smallest absolute Gasteiger partial charge is 0.282 e. The highest BCUT2D eigenvalue weighted by atomic mass is 19.3. The van der Waals surface area contributed by atoms with Crippen LogP contribution in [-0.4, -0.2) is 41.8 Å². The van der Waals surface area contributed by atoms with Crippen molar-refractivity contribution in [1.82, 2.24) is 4.90 Å². The number of benzene rings is 1. The zero-order valence-electron chi connectivity index (χ0n) is 11.3. The van der Waals surface area contributed by atoms with Crippen LogP contribution < -0.4 is 4.90 Å². The lowest BCUT2D eigenvalue weighted by Gasteiger charge is -2.22. The normalized spacial score (nSPS) is 19.5. The predicted molar refractivity (Wildman–Crippen MR) is 66.4 cm³/mol. The third-order valence-electron chi connectivity index (χ3n) is 3.24. The average Bonchev–Trinajstić information content (AvgIpc) is 2.64. The van der Waals surface area contributed by atoms with Crippen molar-refractivity contribution in [3.05, 3.63) is 30.1 Å². The van der Waals surface area contributed by atoms with Crippen LogP contribution >= 0.6 is 0 Å². The van der Waals surface area contributed by atoms with Crippen molar-refractivity contribution in [3.8, 4) is 0 Å². The van der Waals surface area contributed by atoms with Crippen LogP contribution in [0.3, 0.4) is 0 Å². The van der Waals surface area contributed by atoms with Crippen LogP contribution in [0.25, 0.3) is 0 Å². The molecule has 0 aromatic heterocycles. The fourth-order valence-corrected chi connectivity index (χ4v) is 2.09. The molecule has 4 nitrogen and oxygen atoms in total. The summed E-state index contributed by atoms with van der Waals surface area (Å²) in [4.78, 5) is 24.9.